The standard InChI is InChI=1S/3C43H37N/c1-3-9-32(10-4-1)33-17-23-38(24-18-33)44(40-27-21-36(22-28-40)43-30-31-15-16-37(43)29-31)39-25-19-35(20-26-39)42-14-8-7-13-41(42)34-11-5-2-6-12-34;1-3-9-32(10-4-1)33-17-19-34(20-18-33)35-21-25-39(26-22-35)44(43-14-8-7-13-41(43)36-11-5-2-6-12-36)40-27-23-37(24-28-40)42-30-31-15-16-38(42)29-31;1-3-8-32(9-4-1)34-16-22-40(23-17-34)44(42-26-20-36(21-27-42)43-29-31-14-15-39(43)28-31)41-24-18-35(19-25-41)38-13-7-12-37(30-38)33-10-5-2-6-11-33/h1-14,17-28,31,37,43H,15-16,29-30H2;1-14,17-28,31,38,42H,15-16,29-30H2;1-13,16-27,30-31,39,43H,14-15,28-29H2. The molecule has 0 aromatic heterocycles. The highest BCUT2D eigenvalue weighted by molar-refractivity contribution is 5.91. The predicted octanol–water partition coefficient (Wildman–Crippen LogP) is 36.2. The Kier molecular flexibility index (Phi) is 24.0. The molecule has 18 aromatic rings. The van der Waals surface area contributed by atoms with E-state index < -0.39 is 0 Å². The first-order valence-corrected chi connectivity index (χ1v) is 48.3. The minimum atomic E-state index is 0.736. The van der Waals surface area contributed by atoms with Crippen LogP contribution >= 0.6 is 0 Å². The number of anilines is 9. The number of hydrogen-bond donors (Lipinski definition) is 0. The van der Waals surface area contributed by atoms with Crippen LogP contribution < -0.4 is 14.7 Å². The van der Waals surface area contributed by atoms with Crippen molar-refractivity contribution in [3.63, 3.8) is 0 Å². The maximum absolute atomic E-state index is 2.43. The van der Waals surface area contributed by atoms with Gasteiger partial charge in [0.05, 0.1) is 5.69 Å². The third-order valence-corrected chi connectivity index (χ3v) is 30.0. The number of hydrogen-bond acceptors (Lipinski definition) is 3. The maximum atomic E-state index is 2.43. The molecular weight excluding hydrogens is 1590 g/mol. The molecule has 6 aliphatic carbocycles. The first-order valence-electron chi connectivity index (χ1n) is 48.3. The van der Waals surface area contributed by atoms with Gasteiger partial charge in [-0.05, 0) is 332 Å². The van der Waals surface area contributed by atoms with Crippen LogP contribution in [0.1, 0.15) is 111 Å². The third-order valence-electron chi connectivity index (χ3n) is 30.0. The fourth-order valence-corrected chi connectivity index (χ4v) is 23.3. The number of para-hydroxylation sites is 1. The maximum Gasteiger partial charge on any atom is 0.0540 e. The predicted molar refractivity (Wildman–Crippen MR) is 557 cm³/mol. The zero-order valence-electron chi connectivity index (χ0n) is 75.1. The molecule has 3 heteroatoms. The summed E-state index contributed by atoms with van der Waals surface area (Å²) >= 11 is 0. The van der Waals surface area contributed by atoms with Crippen molar-refractivity contribution in [2.24, 2.45) is 35.5 Å². The van der Waals surface area contributed by atoms with Gasteiger partial charge in [0, 0.05) is 51.1 Å². The fourth-order valence-electron chi connectivity index (χ4n) is 23.3. The van der Waals surface area contributed by atoms with Crippen molar-refractivity contribution < 1.29 is 0 Å². The molecule has 0 heterocycles. The quantitative estimate of drug-likeness (QED) is 0.0710. The molecule has 0 N–H and O–H groups in total. The van der Waals surface area contributed by atoms with E-state index in [-0.39, 0.29) is 0 Å². The average molecular weight is 1700 g/mol. The van der Waals surface area contributed by atoms with Gasteiger partial charge in [-0.3, -0.25) is 0 Å². The van der Waals surface area contributed by atoms with Gasteiger partial charge in [0.15, 0.2) is 0 Å². The lowest BCUT2D eigenvalue weighted by molar-refractivity contribution is 0.420. The molecule has 6 aliphatic rings. The molecular formula is C129H111N3. The Hall–Kier alpha value is -14.6. The second-order valence-corrected chi connectivity index (χ2v) is 37.8. The molecule has 0 aliphatic heterocycles. The summed E-state index contributed by atoms with van der Waals surface area (Å²) in [6.07, 6.45) is 17.0. The fraction of sp³-hybridized carbons (Fsp3) is 0.163. The number of fused-ring (bicyclic) bond motifs is 6. The van der Waals surface area contributed by atoms with E-state index in [2.05, 4.69) is 488 Å². The number of benzene rings is 18. The molecule has 18 aromatic carbocycles. The molecule has 6 bridgehead atoms. The van der Waals surface area contributed by atoms with Gasteiger partial charge in [-0.15, -0.1) is 0 Å². The second-order valence-electron chi connectivity index (χ2n) is 37.8. The van der Waals surface area contributed by atoms with Gasteiger partial charge in [-0.2, -0.15) is 0 Å². The third kappa shape index (κ3) is 17.9. The van der Waals surface area contributed by atoms with Crippen LogP contribution in [0.15, 0.2) is 473 Å². The van der Waals surface area contributed by atoms with Gasteiger partial charge in [0.2, 0.25) is 0 Å². The van der Waals surface area contributed by atoms with Crippen molar-refractivity contribution in [1.82, 2.24) is 0 Å². The summed E-state index contributed by atoms with van der Waals surface area (Å²) in [5, 5.41) is 0. The second kappa shape index (κ2) is 38.2. The van der Waals surface area contributed by atoms with E-state index in [0.29, 0.717) is 0 Å². The van der Waals surface area contributed by atoms with Crippen LogP contribution in [0.4, 0.5) is 51.2 Å². The van der Waals surface area contributed by atoms with Gasteiger partial charge in [-0.1, -0.05) is 383 Å². The summed E-state index contributed by atoms with van der Waals surface area (Å²) < 4.78 is 0. The van der Waals surface area contributed by atoms with Gasteiger partial charge in [0.1, 0.15) is 0 Å². The Balaban J connectivity index is 0.000000116. The van der Waals surface area contributed by atoms with Crippen molar-refractivity contribution in [1.29, 1.82) is 0 Å². The number of nitrogens with zero attached hydrogens (tertiary/aromatic N) is 3. The Morgan fingerprint density at radius 3 is 0.636 bits per heavy atom. The lowest BCUT2D eigenvalue weighted by Gasteiger charge is -2.29. The lowest BCUT2D eigenvalue weighted by atomic mass is 9.83. The SMILES string of the molecule is c1ccc(-c2ccc(-c3ccc(N(c4ccc(C5CC6CCC5C6)cc4)c4ccccc4-c4ccccc4)cc3)cc2)cc1.c1ccc(-c2ccc(N(c3ccc(-c4cccc(-c5ccccc5)c4)cc3)c3ccc(C4CC5CCC4C5)cc3)cc2)cc1.c1ccc(-c2ccc(N(c3ccc(-c4ccccc4-c4ccccc4)cc3)c3ccc(C4CC5CCC4C5)cc3)cc2)cc1. The Morgan fingerprint density at radius 2 is 0.348 bits per heavy atom. The molecule has 24 rings (SSSR count). The average Bonchev–Trinajstić information content (AvgIpc) is 1.58. The Labute approximate surface area is 780 Å². The molecule has 132 heavy (non-hydrogen) atoms. The van der Waals surface area contributed by atoms with E-state index in [0.717, 1.165) is 81.7 Å². The smallest absolute Gasteiger partial charge is 0.0540 e. The normalized spacial score (nSPS) is 18.8. The first kappa shape index (κ1) is 83.0. The van der Waals surface area contributed by atoms with Crippen molar-refractivity contribution in [2.45, 2.75) is 94.8 Å². The topological polar surface area (TPSA) is 9.72 Å². The summed E-state index contributed by atoms with van der Waals surface area (Å²) in [5.74, 6) is 7.74. The van der Waals surface area contributed by atoms with E-state index >= 15 is 0 Å². The van der Waals surface area contributed by atoms with Crippen LogP contribution in [0, 0.1) is 35.5 Å². The van der Waals surface area contributed by atoms with Crippen LogP contribution in [0.3, 0.4) is 0 Å². The van der Waals surface area contributed by atoms with E-state index in [1.54, 1.807) is 0 Å². The summed E-state index contributed by atoms with van der Waals surface area (Å²) in [6.45, 7) is 0. The molecule has 0 saturated heterocycles. The summed E-state index contributed by atoms with van der Waals surface area (Å²) in [6, 6.07) is 173. The van der Waals surface area contributed by atoms with E-state index in [9.17, 15) is 0 Å². The minimum absolute atomic E-state index is 0.736. The summed E-state index contributed by atoms with van der Waals surface area (Å²) in [7, 11) is 0. The van der Waals surface area contributed by atoms with Gasteiger partial charge < -0.3 is 14.7 Å². The van der Waals surface area contributed by atoms with Crippen molar-refractivity contribution in [3.05, 3.63) is 490 Å². The van der Waals surface area contributed by atoms with E-state index in [1.807, 2.05) is 0 Å². The molecule has 6 saturated carbocycles. The van der Waals surface area contributed by atoms with Gasteiger partial charge >= 0.3 is 0 Å². The van der Waals surface area contributed by atoms with Gasteiger partial charge in [-0.25, -0.2) is 0 Å². The Bertz CT molecular complexity index is 6850. The highest BCUT2D eigenvalue weighted by atomic mass is 15.2. The van der Waals surface area contributed by atoms with Crippen LogP contribution in [0.2, 0.25) is 0 Å². The minimum Gasteiger partial charge on any atom is -0.311 e. The molecule has 0 radical (unpaired) electrons. The van der Waals surface area contributed by atoms with E-state index in [1.165, 1.54) is 217 Å². The van der Waals surface area contributed by atoms with Crippen LogP contribution in [0.5, 0.6) is 0 Å². The highest BCUT2D eigenvalue weighted by Crippen LogP contribution is 2.57. The molecule has 642 valence electrons. The van der Waals surface area contributed by atoms with E-state index in [4.69, 9.17) is 0 Å². The molecule has 9 unspecified atom stereocenters. The number of rotatable bonds is 21. The van der Waals surface area contributed by atoms with Crippen molar-refractivity contribution in [3.8, 4) is 100 Å². The first-order chi connectivity index (χ1) is 65.4. The summed E-state index contributed by atoms with van der Waals surface area (Å²) in [4.78, 5) is 7.21. The van der Waals surface area contributed by atoms with Crippen molar-refractivity contribution >= 4 is 51.2 Å². The lowest BCUT2D eigenvalue weighted by Crippen LogP contribution is -2.12. The summed E-state index contributed by atoms with van der Waals surface area (Å²) in [5.41, 5.74) is 37.3. The molecule has 9 atom stereocenters. The monoisotopic (exact) mass is 1700 g/mol. The Morgan fingerprint density at radius 1 is 0.144 bits per heavy atom. The molecule has 0 spiro atoms. The van der Waals surface area contributed by atoms with Crippen LogP contribution in [-0.4, -0.2) is 0 Å². The largest absolute Gasteiger partial charge is 0.311 e. The molecule has 6 fully saturated rings. The van der Waals surface area contributed by atoms with Gasteiger partial charge in [0.25, 0.3) is 0 Å². The zero-order chi connectivity index (χ0) is 87.9. The van der Waals surface area contributed by atoms with Crippen molar-refractivity contribution in [2.75, 3.05) is 14.7 Å². The van der Waals surface area contributed by atoms with Crippen LogP contribution in [0.25, 0.3) is 100 Å². The zero-order valence-corrected chi connectivity index (χ0v) is 75.1. The molecule has 3 nitrogen and oxygen atoms in total. The highest BCUT2D eigenvalue weighted by Gasteiger charge is 2.43. The molecule has 0 amide bonds. The van der Waals surface area contributed by atoms with Crippen LogP contribution in [-0.2, 0) is 0 Å².